The fourth-order valence-electron chi connectivity index (χ4n) is 4.54. The van der Waals surface area contributed by atoms with E-state index in [-0.39, 0.29) is 18.5 Å². The summed E-state index contributed by atoms with van der Waals surface area (Å²) in [6, 6.07) is 18.2. The number of carbonyl (C=O) groups excluding carboxylic acids is 1. The van der Waals surface area contributed by atoms with Crippen LogP contribution in [0.4, 0.5) is 0 Å². The molecular weight excluding hydrogens is 362 g/mol. The van der Waals surface area contributed by atoms with Crippen molar-refractivity contribution in [2.75, 3.05) is 26.2 Å². The van der Waals surface area contributed by atoms with Crippen molar-refractivity contribution in [2.24, 2.45) is 0 Å². The summed E-state index contributed by atoms with van der Waals surface area (Å²) in [5.41, 5.74) is -0.695. The summed E-state index contributed by atoms with van der Waals surface area (Å²) in [4.78, 5) is 13.1. The van der Waals surface area contributed by atoms with Crippen LogP contribution in [0.2, 0.25) is 0 Å². The number of carbonyl (C=O) groups is 1. The normalized spacial score (nSPS) is 21.0. The number of rotatable bonds is 4. The van der Waals surface area contributed by atoms with Gasteiger partial charge in [0.25, 0.3) is 0 Å². The summed E-state index contributed by atoms with van der Waals surface area (Å²) in [6.07, 6.45) is 3.29. The van der Waals surface area contributed by atoms with Gasteiger partial charge in [0.1, 0.15) is 6.54 Å². The minimum Gasteiger partial charge on any atom is -1.00 e. The van der Waals surface area contributed by atoms with E-state index in [0.29, 0.717) is 11.1 Å². The molecule has 1 N–H and O–H groups in total. The minimum atomic E-state index is -1.78. The Morgan fingerprint density at radius 3 is 1.96 bits per heavy atom. The number of quaternary nitrogens is 1. The highest BCUT2D eigenvalue weighted by Crippen LogP contribution is 2.34. The van der Waals surface area contributed by atoms with E-state index in [1.165, 1.54) is 25.9 Å². The van der Waals surface area contributed by atoms with Crippen molar-refractivity contribution in [3.8, 4) is 0 Å². The van der Waals surface area contributed by atoms with Crippen LogP contribution in [0, 0.1) is 0 Å². The number of hydrogen-bond acceptors (Lipinski definition) is 3. The SMILES string of the molecule is O=C(OC1CC[N+]2(CCCC2)C1)C(O)(c1ccccc1)c1ccccc1.[Cl-]. The van der Waals surface area contributed by atoms with Crippen LogP contribution < -0.4 is 12.4 Å². The molecule has 0 radical (unpaired) electrons. The van der Waals surface area contributed by atoms with Crippen LogP contribution in [0.5, 0.6) is 0 Å². The van der Waals surface area contributed by atoms with Crippen LogP contribution >= 0.6 is 0 Å². The third-order valence-electron chi connectivity index (χ3n) is 5.98. The van der Waals surface area contributed by atoms with E-state index < -0.39 is 11.6 Å². The Bertz CT molecular complexity index is 720. The lowest BCUT2D eigenvalue weighted by atomic mass is 9.86. The molecule has 2 heterocycles. The molecule has 1 spiro atoms. The van der Waals surface area contributed by atoms with Crippen molar-refractivity contribution in [1.29, 1.82) is 0 Å². The molecule has 0 aromatic heterocycles. The maximum absolute atomic E-state index is 13.1. The van der Waals surface area contributed by atoms with Gasteiger partial charge >= 0.3 is 5.97 Å². The van der Waals surface area contributed by atoms with Gasteiger partial charge < -0.3 is 26.7 Å². The molecule has 2 aromatic rings. The average Bonchev–Trinajstić information content (AvgIpc) is 3.32. The highest BCUT2D eigenvalue weighted by atomic mass is 35.5. The predicted molar refractivity (Wildman–Crippen MR) is 99.3 cm³/mol. The fraction of sp³-hybridized carbons (Fsp3) is 0.409. The molecule has 4 rings (SSSR count). The molecule has 27 heavy (non-hydrogen) atoms. The smallest absolute Gasteiger partial charge is 0.348 e. The Morgan fingerprint density at radius 2 is 1.44 bits per heavy atom. The molecule has 2 aliphatic heterocycles. The van der Waals surface area contributed by atoms with Gasteiger partial charge in [-0.1, -0.05) is 60.7 Å². The largest absolute Gasteiger partial charge is 1.00 e. The fourth-order valence-corrected chi connectivity index (χ4v) is 4.54. The first-order valence-corrected chi connectivity index (χ1v) is 9.52. The molecule has 2 aromatic carbocycles. The molecule has 5 heteroatoms. The van der Waals surface area contributed by atoms with Gasteiger partial charge in [-0.25, -0.2) is 4.79 Å². The Hall–Kier alpha value is -1.88. The first-order valence-electron chi connectivity index (χ1n) is 9.52. The molecule has 0 bridgehead atoms. The van der Waals surface area contributed by atoms with Gasteiger partial charge in [0, 0.05) is 19.3 Å². The third kappa shape index (κ3) is 3.75. The van der Waals surface area contributed by atoms with E-state index >= 15 is 0 Å². The molecule has 144 valence electrons. The van der Waals surface area contributed by atoms with Crippen LogP contribution in [0.25, 0.3) is 0 Å². The molecule has 0 aliphatic carbocycles. The van der Waals surface area contributed by atoms with E-state index in [9.17, 15) is 9.90 Å². The number of ether oxygens (including phenoxy) is 1. The van der Waals surface area contributed by atoms with E-state index in [0.717, 1.165) is 24.0 Å². The number of aliphatic hydroxyl groups is 1. The standard InChI is InChI=1S/C22H26NO3.ClH/c24-21(26-20-13-16-23(17-20)14-7-8-15-23)22(25,18-9-3-1-4-10-18)19-11-5-2-6-12-19;/h1-6,9-12,20,25H,7-8,13-17H2;1H/q+1;/p-1. The lowest BCUT2D eigenvalue weighted by molar-refractivity contribution is -0.906. The zero-order valence-corrected chi connectivity index (χ0v) is 16.1. The molecule has 0 amide bonds. The maximum atomic E-state index is 13.1. The second kappa shape index (κ2) is 8.01. The first-order chi connectivity index (χ1) is 12.6. The Balaban J connectivity index is 0.00000210. The predicted octanol–water partition coefficient (Wildman–Crippen LogP) is -0.147. The van der Waals surface area contributed by atoms with Crippen molar-refractivity contribution in [3.05, 3.63) is 71.8 Å². The third-order valence-corrected chi connectivity index (χ3v) is 5.98. The molecular formula is C22H26ClNO3. The summed E-state index contributed by atoms with van der Waals surface area (Å²) in [6.45, 7) is 4.34. The Morgan fingerprint density at radius 1 is 0.926 bits per heavy atom. The van der Waals surface area contributed by atoms with Gasteiger partial charge in [0.2, 0.25) is 5.60 Å². The zero-order valence-electron chi connectivity index (χ0n) is 15.4. The summed E-state index contributed by atoms with van der Waals surface area (Å²) < 4.78 is 6.94. The summed E-state index contributed by atoms with van der Waals surface area (Å²) >= 11 is 0. The van der Waals surface area contributed by atoms with Gasteiger partial charge in [-0.05, 0) is 11.1 Å². The van der Waals surface area contributed by atoms with Crippen molar-refractivity contribution >= 4 is 5.97 Å². The van der Waals surface area contributed by atoms with Gasteiger partial charge in [0.15, 0.2) is 6.10 Å². The van der Waals surface area contributed by atoms with Crippen LogP contribution in [-0.4, -0.2) is 47.8 Å². The molecule has 0 saturated carbocycles. The van der Waals surface area contributed by atoms with Gasteiger partial charge in [-0.2, -0.15) is 0 Å². The lowest BCUT2D eigenvalue weighted by Crippen LogP contribution is -3.00. The second-order valence-corrected chi connectivity index (χ2v) is 7.66. The molecule has 2 fully saturated rings. The van der Waals surface area contributed by atoms with Gasteiger partial charge in [-0.3, -0.25) is 0 Å². The summed E-state index contributed by atoms with van der Waals surface area (Å²) in [5.74, 6) is -0.570. The zero-order chi connectivity index (χ0) is 18.0. The Kier molecular flexibility index (Phi) is 5.89. The van der Waals surface area contributed by atoms with E-state index in [4.69, 9.17) is 4.74 Å². The minimum absolute atomic E-state index is 0. The average molecular weight is 388 g/mol. The second-order valence-electron chi connectivity index (χ2n) is 7.66. The van der Waals surface area contributed by atoms with E-state index in [2.05, 4.69) is 0 Å². The van der Waals surface area contributed by atoms with Crippen molar-refractivity contribution < 1.29 is 31.5 Å². The molecule has 4 nitrogen and oxygen atoms in total. The number of nitrogens with zero attached hydrogens (tertiary/aromatic N) is 1. The van der Waals surface area contributed by atoms with Crippen molar-refractivity contribution in [1.82, 2.24) is 0 Å². The van der Waals surface area contributed by atoms with Crippen molar-refractivity contribution in [3.63, 3.8) is 0 Å². The highest BCUT2D eigenvalue weighted by Gasteiger charge is 2.46. The van der Waals surface area contributed by atoms with Crippen LogP contribution in [0.3, 0.4) is 0 Å². The molecule has 1 atom stereocenters. The molecule has 2 saturated heterocycles. The number of esters is 1. The topological polar surface area (TPSA) is 46.5 Å². The van der Waals surface area contributed by atoms with Crippen LogP contribution in [0.1, 0.15) is 30.4 Å². The summed E-state index contributed by atoms with van der Waals surface area (Å²) in [5, 5.41) is 11.5. The van der Waals surface area contributed by atoms with E-state index in [1.807, 2.05) is 36.4 Å². The van der Waals surface area contributed by atoms with Crippen LogP contribution in [-0.2, 0) is 15.1 Å². The van der Waals surface area contributed by atoms with Gasteiger partial charge in [0.05, 0.1) is 19.6 Å². The summed E-state index contributed by atoms with van der Waals surface area (Å²) in [7, 11) is 0. The maximum Gasteiger partial charge on any atom is 0.348 e. The van der Waals surface area contributed by atoms with Crippen molar-refractivity contribution in [2.45, 2.75) is 31.0 Å². The first kappa shape index (κ1) is 19.9. The number of hydrogen-bond donors (Lipinski definition) is 1. The molecule has 1 unspecified atom stereocenters. The lowest BCUT2D eigenvalue weighted by Gasteiger charge is -2.30. The van der Waals surface area contributed by atoms with Gasteiger partial charge in [-0.15, -0.1) is 0 Å². The van der Waals surface area contributed by atoms with Crippen LogP contribution in [0.15, 0.2) is 60.7 Å². The van der Waals surface area contributed by atoms with E-state index in [1.54, 1.807) is 24.3 Å². The Labute approximate surface area is 166 Å². The number of benzene rings is 2. The monoisotopic (exact) mass is 387 g/mol. The quantitative estimate of drug-likeness (QED) is 0.586. The molecule has 2 aliphatic rings. The highest BCUT2D eigenvalue weighted by molar-refractivity contribution is 5.85. The number of halogens is 1.